The average Bonchev–Trinajstić information content (AvgIpc) is 2.96. The topological polar surface area (TPSA) is 122 Å². The number of carbonyl (C=O) groups excluding carboxylic acids is 3. The normalized spacial score (nSPS) is 18.6. The molecule has 0 radical (unpaired) electrons. The third kappa shape index (κ3) is 7.30. The number of unbranched alkanes of at least 4 members (excludes halogenated alkanes) is 2. The van der Waals surface area contributed by atoms with Gasteiger partial charge in [-0.05, 0) is 31.4 Å². The zero-order valence-electron chi connectivity index (χ0n) is 24.4. The molecule has 3 rings (SSSR count). The molecule has 3 heterocycles. The summed E-state index contributed by atoms with van der Waals surface area (Å²) in [4.78, 5) is 68.4. The van der Waals surface area contributed by atoms with Crippen molar-refractivity contribution in [3.05, 3.63) is 43.6 Å². The number of urea groups is 1. The van der Waals surface area contributed by atoms with E-state index in [1.807, 2.05) is 13.8 Å². The van der Waals surface area contributed by atoms with Crippen molar-refractivity contribution in [1.82, 2.24) is 18.9 Å². The van der Waals surface area contributed by atoms with Crippen LogP contribution in [0.3, 0.4) is 0 Å². The Morgan fingerprint density at radius 3 is 2.02 bits per heavy atom. The Kier molecular flexibility index (Phi) is 11.6. The lowest BCUT2D eigenvalue weighted by atomic mass is 10.0. The molecule has 0 aromatic carbocycles. The van der Waals surface area contributed by atoms with Crippen LogP contribution >= 0.6 is 0 Å². The van der Waals surface area contributed by atoms with Gasteiger partial charge in [-0.25, -0.2) is 9.59 Å². The van der Waals surface area contributed by atoms with Gasteiger partial charge in [0, 0.05) is 39.0 Å². The maximum Gasteiger partial charge on any atom is 0.333 e. The van der Waals surface area contributed by atoms with Gasteiger partial charge in [0.2, 0.25) is 5.88 Å². The maximum absolute atomic E-state index is 13.4. The van der Waals surface area contributed by atoms with Crippen molar-refractivity contribution in [3.63, 3.8) is 0 Å². The molecule has 1 N–H and O–H groups in total. The Morgan fingerprint density at radius 2 is 1.38 bits per heavy atom. The van der Waals surface area contributed by atoms with Crippen LogP contribution in [0.15, 0.2) is 26.8 Å². The van der Waals surface area contributed by atoms with Crippen molar-refractivity contribution >= 4 is 23.9 Å². The third-order valence-corrected chi connectivity index (χ3v) is 6.83. The van der Waals surface area contributed by atoms with Crippen LogP contribution in [0.2, 0.25) is 0 Å². The number of amides is 4. The molecule has 1 aromatic rings. The number of hydrogen-bond acceptors (Lipinski definition) is 6. The SMILES string of the molecule is CCCCN1C(=O)/C2=C(C)/C=C/c3c(O)n(c(=O)n(CCCC)c3=O)CCC#CCC#CCC#CCCN(C2=O)C1=O. The van der Waals surface area contributed by atoms with Gasteiger partial charge in [-0.15, -0.1) is 11.8 Å². The Hall–Kier alpha value is -4.75. The summed E-state index contributed by atoms with van der Waals surface area (Å²) in [7, 11) is 0. The number of hydrogen-bond donors (Lipinski definition) is 1. The van der Waals surface area contributed by atoms with Gasteiger partial charge < -0.3 is 5.11 Å². The van der Waals surface area contributed by atoms with Gasteiger partial charge in [-0.3, -0.25) is 33.3 Å². The number of allylic oxidation sites excluding steroid dienone is 2. The number of carbonyl (C=O) groups is 3. The number of rotatable bonds is 6. The molecule has 10 heteroatoms. The van der Waals surface area contributed by atoms with Crippen LogP contribution in [0, 0.1) is 35.5 Å². The highest BCUT2D eigenvalue weighted by Crippen LogP contribution is 2.23. The van der Waals surface area contributed by atoms with Gasteiger partial charge in [0.1, 0.15) is 11.1 Å². The largest absolute Gasteiger partial charge is 0.494 e. The Morgan fingerprint density at radius 1 is 0.786 bits per heavy atom. The van der Waals surface area contributed by atoms with Gasteiger partial charge in [-0.2, -0.15) is 0 Å². The van der Waals surface area contributed by atoms with E-state index in [-0.39, 0.29) is 55.7 Å². The van der Waals surface area contributed by atoms with E-state index in [1.54, 1.807) is 0 Å². The summed E-state index contributed by atoms with van der Waals surface area (Å²) in [5.41, 5.74) is -1.48. The highest BCUT2D eigenvalue weighted by Gasteiger charge is 2.42. The molecule has 0 saturated carbocycles. The van der Waals surface area contributed by atoms with Crippen molar-refractivity contribution in [2.75, 3.05) is 13.1 Å². The van der Waals surface area contributed by atoms with Crippen molar-refractivity contribution in [2.45, 2.75) is 85.2 Å². The molecule has 2 aliphatic heterocycles. The van der Waals surface area contributed by atoms with E-state index in [4.69, 9.17) is 0 Å². The monoisotopic (exact) mass is 572 g/mol. The summed E-state index contributed by atoms with van der Waals surface area (Å²) < 4.78 is 2.17. The standard InChI is InChI=1S/C32H36N4O6/c1-4-6-20-33-27(37)25-19-18-24(3)26-29(39)35(21-7-5-2)32(42)36(30(26)40)23-17-15-13-11-9-8-10-12-14-16-22-34(28(25)38)31(33)41/h18-19,38H,4-7,10-11,16-17,20-23H2,1-3H3/b19-18+,26-24-. The fourth-order valence-corrected chi connectivity index (χ4v) is 4.44. The van der Waals surface area contributed by atoms with Crippen molar-refractivity contribution in [3.8, 4) is 41.4 Å². The van der Waals surface area contributed by atoms with Crippen LogP contribution in [-0.2, 0) is 22.7 Å². The predicted octanol–water partition coefficient (Wildman–Crippen LogP) is 3.02. The molecule has 4 amide bonds. The minimum atomic E-state index is -0.751. The molecule has 0 unspecified atom stereocenters. The van der Waals surface area contributed by atoms with Crippen molar-refractivity contribution < 1.29 is 19.5 Å². The van der Waals surface area contributed by atoms with Crippen LogP contribution in [0.5, 0.6) is 5.88 Å². The first-order valence-electron chi connectivity index (χ1n) is 14.2. The smallest absolute Gasteiger partial charge is 0.333 e. The molecular weight excluding hydrogens is 536 g/mol. The molecule has 1 saturated heterocycles. The van der Waals surface area contributed by atoms with Gasteiger partial charge in [0.05, 0.1) is 12.8 Å². The lowest BCUT2D eigenvalue weighted by molar-refractivity contribution is -0.136. The van der Waals surface area contributed by atoms with Crippen molar-refractivity contribution in [2.24, 2.45) is 0 Å². The fraction of sp³-hybridized carbons (Fsp3) is 0.469. The van der Waals surface area contributed by atoms with E-state index in [2.05, 4.69) is 35.5 Å². The van der Waals surface area contributed by atoms with E-state index >= 15 is 0 Å². The van der Waals surface area contributed by atoms with E-state index < -0.39 is 35.0 Å². The number of fused-ring (bicyclic) bond motifs is 4. The highest BCUT2D eigenvalue weighted by atomic mass is 16.3. The van der Waals surface area contributed by atoms with Crippen LogP contribution in [0.1, 0.15) is 77.7 Å². The molecule has 2 aliphatic rings. The average molecular weight is 573 g/mol. The predicted molar refractivity (Wildman–Crippen MR) is 159 cm³/mol. The van der Waals surface area contributed by atoms with Crippen LogP contribution < -0.4 is 11.2 Å². The minimum Gasteiger partial charge on any atom is -0.494 e. The first kappa shape index (κ1) is 31.8. The van der Waals surface area contributed by atoms with Gasteiger partial charge >= 0.3 is 11.7 Å². The number of imide groups is 2. The highest BCUT2D eigenvalue weighted by molar-refractivity contribution is 6.29. The lowest BCUT2D eigenvalue weighted by Gasteiger charge is -2.34. The Bertz CT molecular complexity index is 1610. The summed E-state index contributed by atoms with van der Waals surface area (Å²) >= 11 is 0. The maximum atomic E-state index is 13.4. The second kappa shape index (κ2) is 15.3. The summed E-state index contributed by atoms with van der Waals surface area (Å²) in [6.07, 6.45) is 6.36. The van der Waals surface area contributed by atoms with Gasteiger partial charge in [-0.1, -0.05) is 56.4 Å². The van der Waals surface area contributed by atoms with Crippen LogP contribution in [-0.4, -0.2) is 55.0 Å². The number of aromatic hydroxyl groups is 1. The summed E-state index contributed by atoms with van der Waals surface area (Å²) in [6, 6.07) is -0.693. The zero-order chi connectivity index (χ0) is 30.6. The molecule has 0 aliphatic carbocycles. The van der Waals surface area contributed by atoms with Crippen LogP contribution in [0.25, 0.3) is 6.08 Å². The summed E-state index contributed by atoms with van der Waals surface area (Å²) in [5, 5.41) is 11.0. The van der Waals surface area contributed by atoms with E-state index in [0.717, 1.165) is 31.8 Å². The molecule has 4 bridgehead atoms. The molecule has 42 heavy (non-hydrogen) atoms. The number of aromatic nitrogens is 2. The second-order valence-corrected chi connectivity index (χ2v) is 9.84. The fourth-order valence-electron chi connectivity index (χ4n) is 4.44. The number of nitrogens with zero attached hydrogens (tertiary/aromatic N) is 4. The summed E-state index contributed by atoms with van der Waals surface area (Å²) in [5.74, 6) is 15.5. The quantitative estimate of drug-likeness (QED) is 0.413. The van der Waals surface area contributed by atoms with E-state index in [9.17, 15) is 29.1 Å². The third-order valence-electron chi connectivity index (χ3n) is 6.83. The lowest BCUT2D eigenvalue weighted by Crippen LogP contribution is -2.57. The molecule has 0 spiro atoms. The molecule has 0 atom stereocenters. The summed E-state index contributed by atoms with van der Waals surface area (Å²) in [6.45, 7) is 5.74. The van der Waals surface area contributed by atoms with Gasteiger partial charge in [0.25, 0.3) is 17.4 Å². The molecule has 1 fully saturated rings. The molecule has 220 valence electrons. The number of barbiturate groups is 1. The Labute approximate surface area is 245 Å². The zero-order valence-corrected chi connectivity index (χ0v) is 24.4. The first-order chi connectivity index (χ1) is 20.2. The molecule has 10 nitrogen and oxygen atoms in total. The Balaban J connectivity index is 2.19. The van der Waals surface area contributed by atoms with E-state index in [1.165, 1.54) is 19.1 Å². The second-order valence-electron chi connectivity index (χ2n) is 9.84. The molecular formula is C32H36N4O6. The van der Waals surface area contributed by atoms with Crippen LogP contribution in [0.4, 0.5) is 4.79 Å². The van der Waals surface area contributed by atoms with Gasteiger partial charge in [0.15, 0.2) is 0 Å². The minimum absolute atomic E-state index is 0.00609. The first-order valence-corrected chi connectivity index (χ1v) is 14.2. The van der Waals surface area contributed by atoms with E-state index in [0.29, 0.717) is 25.7 Å². The molecule has 1 aromatic heterocycles. The van der Waals surface area contributed by atoms with Crippen molar-refractivity contribution in [1.29, 1.82) is 0 Å².